The van der Waals surface area contributed by atoms with Gasteiger partial charge in [0.05, 0.1) is 23.5 Å². The Labute approximate surface area is 164 Å². The smallest absolute Gasteiger partial charge is 0.238 e. The summed E-state index contributed by atoms with van der Waals surface area (Å²) < 4.78 is 0. The van der Waals surface area contributed by atoms with Gasteiger partial charge in [0, 0.05) is 25.6 Å². The van der Waals surface area contributed by atoms with Crippen molar-refractivity contribution >= 4 is 17.4 Å². The second kappa shape index (κ2) is 8.42. The van der Waals surface area contributed by atoms with E-state index in [1.165, 1.54) is 18.1 Å². The van der Waals surface area contributed by atoms with Gasteiger partial charge < -0.3 is 16.4 Å². The molecule has 0 radical (unpaired) electrons. The maximum atomic E-state index is 12.5. The number of piperidine rings is 1. The van der Waals surface area contributed by atoms with Crippen molar-refractivity contribution in [2.45, 2.75) is 50.7 Å². The van der Waals surface area contributed by atoms with Gasteiger partial charge in [-0.15, -0.1) is 0 Å². The number of amides is 1. The van der Waals surface area contributed by atoms with Crippen LogP contribution in [0.15, 0.2) is 36.2 Å². The van der Waals surface area contributed by atoms with Crippen molar-refractivity contribution in [2.24, 2.45) is 17.5 Å². The SMILES string of the molecule is CC(=O)/C(N)=C/N(N)c1ccc(C[C@@H](C#N)NC(=O)[C@H]2N[C@@H]3CC[C@H]2C3)cc1. The van der Waals surface area contributed by atoms with Crippen LogP contribution < -0.4 is 27.2 Å². The minimum absolute atomic E-state index is 0.0630. The highest BCUT2D eigenvalue weighted by atomic mass is 16.2. The molecule has 1 amide bonds. The van der Waals surface area contributed by atoms with Gasteiger partial charge in [-0.05, 0) is 42.9 Å². The molecule has 1 aliphatic carbocycles. The molecule has 6 N–H and O–H groups in total. The second-order valence-corrected chi connectivity index (χ2v) is 7.52. The molecule has 0 spiro atoms. The Morgan fingerprint density at radius 2 is 2.11 bits per heavy atom. The van der Waals surface area contributed by atoms with Crippen LogP contribution in [0.2, 0.25) is 0 Å². The molecular formula is C20H26N6O2. The van der Waals surface area contributed by atoms with E-state index in [1.54, 1.807) is 12.1 Å². The van der Waals surface area contributed by atoms with Gasteiger partial charge in [-0.1, -0.05) is 12.1 Å². The molecule has 1 aliphatic heterocycles. The molecule has 1 heterocycles. The third-order valence-electron chi connectivity index (χ3n) is 5.47. The molecule has 8 heteroatoms. The van der Waals surface area contributed by atoms with Crippen LogP contribution in [0.3, 0.4) is 0 Å². The Bertz CT molecular complexity index is 813. The fraction of sp³-hybridized carbons (Fsp3) is 0.450. The zero-order valence-electron chi connectivity index (χ0n) is 15.9. The van der Waals surface area contributed by atoms with Gasteiger partial charge in [-0.3, -0.25) is 14.6 Å². The number of carbonyl (C=O) groups is 2. The monoisotopic (exact) mass is 382 g/mol. The lowest BCUT2D eigenvalue weighted by molar-refractivity contribution is -0.124. The van der Waals surface area contributed by atoms with E-state index in [4.69, 9.17) is 11.6 Å². The van der Waals surface area contributed by atoms with E-state index in [-0.39, 0.29) is 23.4 Å². The largest absolute Gasteiger partial charge is 0.395 e. The number of nitrogens with one attached hydrogen (secondary N) is 2. The van der Waals surface area contributed by atoms with E-state index in [2.05, 4.69) is 16.7 Å². The number of nitrogens with two attached hydrogens (primary N) is 2. The summed E-state index contributed by atoms with van der Waals surface area (Å²) in [6.45, 7) is 1.37. The van der Waals surface area contributed by atoms with Crippen molar-refractivity contribution in [3.05, 3.63) is 41.7 Å². The summed E-state index contributed by atoms with van der Waals surface area (Å²) in [6.07, 6.45) is 5.02. The van der Waals surface area contributed by atoms with Crippen LogP contribution in [0.25, 0.3) is 0 Å². The lowest BCUT2D eigenvalue weighted by Gasteiger charge is -2.23. The summed E-state index contributed by atoms with van der Waals surface area (Å²) >= 11 is 0. The quantitative estimate of drug-likeness (QED) is 0.305. The number of hydrogen-bond acceptors (Lipinski definition) is 7. The number of Topliss-reactive ketones (excluding diaryl/α,β-unsaturated/α-hetero) is 1. The molecule has 1 saturated carbocycles. The Balaban J connectivity index is 1.57. The van der Waals surface area contributed by atoms with Gasteiger partial charge in [-0.25, -0.2) is 5.84 Å². The third kappa shape index (κ3) is 4.50. The summed E-state index contributed by atoms with van der Waals surface area (Å²) in [5, 5.41) is 16.9. The number of hydrazine groups is 1. The molecule has 1 aromatic carbocycles. The first kappa shape index (κ1) is 19.9. The van der Waals surface area contributed by atoms with E-state index in [9.17, 15) is 14.9 Å². The maximum absolute atomic E-state index is 12.5. The number of nitrogens with zero attached hydrogens (tertiary/aromatic N) is 2. The van der Waals surface area contributed by atoms with E-state index in [0.29, 0.717) is 24.1 Å². The van der Waals surface area contributed by atoms with Crippen molar-refractivity contribution in [2.75, 3.05) is 5.01 Å². The topological polar surface area (TPSA) is 137 Å². The minimum Gasteiger partial charge on any atom is -0.395 e. The van der Waals surface area contributed by atoms with Crippen molar-refractivity contribution in [3.63, 3.8) is 0 Å². The highest BCUT2D eigenvalue weighted by Crippen LogP contribution is 2.35. The number of hydrogen-bond donors (Lipinski definition) is 4. The number of ketones is 1. The van der Waals surface area contributed by atoms with E-state index in [1.807, 2.05) is 12.1 Å². The number of nitriles is 1. The van der Waals surface area contributed by atoms with Gasteiger partial charge in [-0.2, -0.15) is 5.26 Å². The first-order chi connectivity index (χ1) is 13.4. The average Bonchev–Trinajstić information content (AvgIpc) is 3.31. The average molecular weight is 382 g/mol. The van der Waals surface area contributed by atoms with Gasteiger partial charge in [0.25, 0.3) is 0 Å². The van der Waals surface area contributed by atoms with Crippen LogP contribution >= 0.6 is 0 Å². The van der Waals surface area contributed by atoms with Gasteiger partial charge in [0.2, 0.25) is 5.91 Å². The molecular weight excluding hydrogens is 356 g/mol. The molecule has 4 atom stereocenters. The molecule has 2 bridgehead atoms. The minimum atomic E-state index is -0.596. The Kier molecular flexibility index (Phi) is 5.97. The molecule has 2 fully saturated rings. The number of rotatable bonds is 7. The third-order valence-corrected chi connectivity index (χ3v) is 5.47. The van der Waals surface area contributed by atoms with Crippen LogP contribution in [0, 0.1) is 17.2 Å². The van der Waals surface area contributed by atoms with Crippen molar-refractivity contribution in [1.29, 1.82) is 5.26 Å². The van der Waals surface area contributed by atoms with Crippen LogP contribution in [0.5, 0.6) is 0 Å². The van der Waals surface area contributed by atoms with Gasteiger partial charge >= 0.3 is 0 Å². The van der Waals surface area contributed by atoms with Crippen LogP contribution in [-0.2, 0) is 16.0 Å². The Morgan fingerprint density at radius 3 is 2.64 bits per heavy atom. The van der Waals surface area contributed by atoms with E-state index < -0.39 is 6.04 Å². The highest BCUT2D eigenvalue weighted by molar-refractivity contribution is 5.92. The number of allylic oxidation sites excluding steroid dienone is 1. The fourth-order valence-corrected chi connectivity index (χ4v) is 3.90. The maximum Gasteiger partial charge on any atom is 0.238 e. The first-order valence-corrected chi connectivity index (χ1v) is 9.44. The van der Waals surface area contributed by atoms with E-state index in [0.717, 1.165) is 24.8 Å². The molecule has 148 valence electrons. The van der Waals surface area contributed by atoms with Crippen LogP contribution in [0.1, 0.15) is 31.7 Å². The Morgan fingerprint density at radius 1 is 1.39 bits per heavy atom. The summed E-state index contributed by atoms with van der Waals surface area (Å²) in [5.74, 6) is 5.92. The van der Waals surface area contributed by atoms with Crippen molar-refractivity contribution in [1.82, 2.24) is 10.6 Å². The molecule has 0 aromatic heterocycles. The number of carbonyl (C=O) groups excluding carboxylic acids is 2. The van der Waals surface area contributed by atoms with Crippen LogP contribution in [0.4, 0.5) is 5.69 Å². The summed E-state index contributed by atoms with van der Waals surface area (Å²) in [5.41, 5.74) is 7.21. The van der Waals surface area contributed by atoms with Crippen LogP contribution in [-0.4, -0.2) is 29.8 Å². The molecule has 1 aromatic rings. The molecule has 8 nitrogen and oxygen atoms in total. The van der Waals surface area contributed by atoms with Crippen molar-refractivity contribution < 1.29 is 9.59 Å². The molecule has 3 rings (SSSR count). The predicted molar refractivity (Wildman–Crippen MR) is 105 cm³/mol. The second-order valence-electron chi connectivity index (χ2n) is 7.52. The number of fused-ring (bicyclic) bond motifs is 2. The predicted octanol–water partition coefficient (Wildman–Crippen LogP) is 0.447. The zero-order chi connectivity index (χ0) is 20.3. The summed E-state index contributed by atoms with van der Waals surface area (Å²) in [6, 6.07) is 9.04. The van der Waals surface area contributed by atoms with Gasteiger partial charge in [0.1, 0.15) is 6.04 Å². The molecule has 1 saturated heterocycles. The van der Waals surface area contributed by atoms with Gasteiger partial charge in [0.15, 0.2) is 5.78 Å². The molecule has 2 aliphatic rings. The standard InChI is InChI=1S/C20H26N6O2/c1-12(27)18(22)11-26(23)17-6-2-13(3-7-17)8-16(10-21)25-20(28)19-14-4-5-15(9-14)24-19/h2-3,6-7,11,14-16,19,24H,4-5,8-9,22-23H2,1H3,(H,25,28)/b18-11-/t14-,15+,16-,19-/m0/s1. The number of benzene rings is 1. The van der Waals surface area contributed by atoms with Crippen molar-refractivity contribution in [3.8, 4) is 6.07 Å². The number of anilines is 1. The normalized spacial score (nSPS) is 24.5. The Hall–Kier alpha value is -2.89. The fourth-order valence-electron chi connectivity index (χ4n) is 3.90. The molecule has 0 unspecified atom stereocenters. The molecule has 28 heavy (non-hydrogen) atoms. The lowest BCUT2D eigenvalue weighted by atomic mass is 9.98. The zero-order valence-corrected chi connectivity index (χ0v) is 15.9. The summed E-state index contributed by atoms with van der Waals surface area (Å²) in [7, 11) is 0. The van der Waals surface area contributed by atoms with E-state index >= 15 is 0 Å². The highest BCUT2D eigenvalue weighted by Gasteiger charge is 2.43. The first-order valence-electron chi connectivity index (χ1n) is 9.44. The lowest BCUT2D eigenvalue weighted by Crippen LogP contribution is -2.50. The summed E-state index contributed by atoms with van der Waals surface area (Å²) in [4.78, 5) is 23.7.